The first-order valence-electron chi connectivity index (χ1n) is 7.44. The number of likely N-dealkylation sites (tertiary alicyclic amines) is 1. The van der Waals surface area contributed by atoms with E-state index in [0.29, 0.717) is 19.7 Å². The Balaban J connectivity index is 1.74. The highest BCUT2D eigenvalue weighted by molar-refractivity contribution is 5.94. The van der Waals surface area contributed by atoms with Crippen LogP contribution in [0.1, 0.15) is 29.6 Å². The molecular formula is C16H19F2NO3. The zero-order chi connectivity index (χ0) is 15.7. The Kier molecular flexibility index (Phi) is 4.14. The van der Waals surface area contributed by atoms with Crippen LogP contribution in [0, 0.1) is 11.6 Å². The summed E-state index contributed by atoms with van der Waals surface area (Å²) in [4.78, 5) is 14.2. The molecule has 0 saturated carbocycles. The number of carbonyl (C=O) groups excluding carboxylic acids is 1. The van der Waals surface area contributed by atoms with Crippen molar-refractivity contribution in [2.75, 3.05) is 26.8 Å². The summed E-state index contributed by atoms with van der Waals surface area (Å²) in [5, 5.41) is 0. The maximum absolute atomic E-state index is 13.3. The molecule has 0 unspecified atom stereocenters. The lowest BCUT2D eigenvalue weighted by Crippen LogP contribution is -2.50. The first-order chi connectivity index (χ1) is 10.5. The molecule has 1 aromatic carbocycles. The topological polar surface area (TPSA) is 38.8 Å². The van der Waals surface area contributed by atoms with Crippen LogP contribution in [0.25, 0.3) is 0 Å². The monoisotopic (exact) mass is 311 g/mol. The normalized spacial score (nSPS) is 28.3. The van der Waals surface area contributed by atoms with Crippen molar-refractivity contribution in [2.45, 2.75) is 31.0 Å². The van der Waals surface area contributed by atoms with Crippen LogP contribution in [0.4, 0.5) is 8.78 Å². The first kappa shape index (κ1) is 15.4. The lowest BCUT2D eigenvalue weighted by atomic mass is 9.89. The third-order valence-corrected chi connectivity index (χ3v) is 4.50. The standard InChI is InChI=1S/C16H19F2NO3/c1-21-12-8-16(22-9-12)5-2-6-19(10-16)15(20)11-3-4-13(17)14(18)7-11/h3-4,7,12H,2,5-6,8-10H2,1H3/t12-,16+/m1/s1. The van der Waals surface area contributed by atoms with Gasteiger partial charge in [0.2, 0.25) is 0 Å². The van der Waals surface area contributed by atoms with Crippen molar-refractivity contribution < 1.29 is 23.0 Å². The van der Waals surface area contributed by atoms with Crippen LogP contribution in [-0.2, 0) is 9.47 Å². The van der Waals surface area contributed by atoms with Gasteiger partial charge in [0.15, 0.2) is 11.6 Å². The molecule has 2 heterocycles. The highest BCUT2D eigenvalue weighted by Crippen LogP contribution is 2.36. The molecule has 0 N–H and O–H groups in total. The fourth-order valence-corrected chi connectivity index (χ4v) is 3.32. The third kappa shape index (κ3) is 2.85. The lowest BCUT2D eigenvalue weighted by Gasteiger charge is -2.39. The van der Waals surface area contributed by atoms with Crippen molar-refractivity contribution in [1.29, 1.82) is 0 Å². The Labute approximate surface area is 128 Å². The highest BCUT2D eigenvalue weighted by Gasteiger charge is 2.44. The average molecular weight is 311 g/mol. The van der Waals surface area contributed by atoms with Crippen molar-refractivity contribution in [3.63, 3.8) is 0 Å². The van der Waals surface area contributed by atoms with E-state index in [9.17, 15) is 13.6 Å². The molecule has 2 aliphatic heterocycles. The molecule has 22 heavy (non-hydrogen) atoms. The van der Waals surface area contributed by atoms with Gasteiger partial charge in [-0.3, -0.25) is 4.79 Å². The first-order valence-corrected chi connectivity index (χ1v) is 7.44. The zero-order valence-electron chi connectivity index (χ0n) is 12.5. The third-order valence-electron chi connectivity index (χ3n) is 4.50. The van der Waals surface area contributed by atoms with Crippen LogP contribution < -0.4 is 0 Å². The Bertz CT molecular complexity index is 581. The summed E-state index contributed by atoms with van der Waals surface area (Å²) < 4.78 is 37.5. The van der Waals surface area contributed by atoms with E-state index < -0.39 is 11.6 Å². The van der Waals surface area contributed by atoms with E-state index in [2.05, 4.69) is 0 Å². The largest absolute Gasteiger partial charge is 0.379 e. The minimum Gasteiger partial charge on any atom is -0.379 e. The Hall–Kier alpha value is -1.53. The summed E-state index contributed by atoms with van der Waals surface area (Å²) in [6.07, 6.45) is 2.52. The molecule has 0 aromatic heterocycles. The molecule has 1 spiro atoms. The number of nitrogens with zero attached hydrogens (tertiary/aromatic N) is 1. The van der Waals surface area contributed by atoms with Gasteiger partial charge in [-0.1, -0.05) is 0 Å². The number of methoxy groups -OCH3 is 1. The number of hydrogen-bond acceptors (Lipinski definition) is 3. The van der Waals surface area contributed by atoms with E-state index in [-0.39, 0.29) is 23.2 Å². The van der Waals surface area contributed by atoms with Gasteiger partial charge in [-0.25, -0.2) is 8.78 Å². The predicted molar refractivity (Wildman–Crippen MR) is 75.6 cm³/mol. The zero-order valence-corrected chi connectivity index (χ0v) is 12.5. The van der Waals surface area contributed by atoms with E-state index in [1.807, 2.05) is 0 Å². The fourth-order valence-electron chi connectivity index (χ4n) is 3.32. The molecule has 3 rings (SSSR count). The van der Waals surface area contributed by atoms with Crippen LogP contribution in [0.15, 0.2) is 18.2 Å². The minimum absolute atomic E-state index is 0.0540. The molecule has 0 radical (unpaired) electrons. The molecule has 0 aliphatic carbocycles. The molecule has 1 aromatic rings. The number of carbonyl (C=O) groups is 1. The molecule has 4 nitrogen and oxygen atoms in total. The summed E-state index contributed by atoms with van der Waals surface area (Å²) in [6, 6.07) is 3.25. The summed E-state index contributed by atoms with van der Waals surface area (Å²) in [5.74, 6) is -2.25. The Morgan fingerprint density at radius 1 is 1.41 bits per heavy atom. The van der Waals surface area contributed by atoms with Gasteiger partial charge in [0.05, 0.1) is 24.9 Å². The van der Waals surface area contributed by atoms with Crippen molar-refractivity contribution in [3.05, 3.63) is 35.4 Å². The maximum atomic E-state index is 13.3. The van der Waals surface area contributed by atoms with Crippen LogP contribution in [0.5, 0.6) is 0 Å². The van der Waals surface area contributed by atoms with Crippen molar-refractivity contribution in [2.24, 2.45) is 0 Å². The quantitative estimate of drug-likeness (QED) is 0.842. The maximum Gasteiger partial charge on any atom is 0.254 e. The second-order valence-electron chi connectivity index (χ2n) is 6.02. The van der Waals surface area contributed by atoms with E-state index in [4.69, 9.17) is 9.47 Å². The van der Waals surface area contributed by atoms with Crippen LogP contribution in [-0.4, -0.2) is 49.3 Å². The number of halogens is 2. The van der Waals surface area contributed by atoms with E-state index in [0.717, 1.165) is 31.4 Å². The number of hydrogen-bond donors (Lipinski definition) is 0. The van der Waals surface area contributed by atoms with Crippen LogP contribution in [0.3, 0.4) is 0 Å². The van der Waals surface area contributed by atoms with Gasteiger partial charge in [0.25, 0.3) is 5.91 Å². The number of rotatable bonds is 2. The van der Waals surface area contributed by atoms with Crippen LogP contribution >= 0.6 is 0 Å². The molecule has 2 saturated heterocycles. The van der Waals surface area contributed by atoms with Gasteiger partial charge in [0, 0.05) is 25.6 Å². The number of benzene rings is 1. The van der Waals surface area contributed by atoms with Crippen molar-refractivity contribution in [3.8, 4) is 0 Å². The molecule has 2 atom stereocenters. The molecule has 0 bridgehead atoms. The molecule has 120 valence electrons. The predicted octanol–water partition coefficient (Wildman–Crippen LogP) is 2.37. The number of amides is 1. The molecule has 1 amide bonds. The van der Waals surface area contributed by atoms with Gasteiger partial charge in [-0.05, 0) is 31.0 Å². The summed E-state index contributed by atoms with van der Waals surface area (Å²) in [5.41, 5.74) is -0.204. The van der Waals surface area contributed by atoms with Gasteiger partial charge in [-0.2, -0.15) is 0 Å². The SMILES string of the molecule is CO[C@H]1CO[C@@]2(CCCN(C(=O)c3ccc(F)c(F)c3)C2)C1. The molecule has 6 heteroatoms. The summed E-state index contributed by atoms with van der Waals surface area (Å²) in [7, 11) is 1.65. The van der Waals surface area contributed by atoms with E-state index >= 15 is 0 Å². The van der Waals surface area contributed by atoms with Crippen LogP contribution in [0.2, 0.25) is 0 Å². The molecule has 2 fully saturated rings. The van der Waals surface area contributed by atoms with Crippen molar-refractivity contribution in [1.82, 2.24) is 4.90 Å². The number of ether oxygens (including phenoxy) is 2. The lowest BCUT2D eigenvalue weighted by molar-refractivity contribution is -0.0458. The second-order valence-corrected chi connectivity index (χ2v) is 6.02. The highest BCUT2D eigenvalue weighted by atomic mass is 19.2. The Morgan fingerprint density at radius 2 is 2.23 bits per heavy atom. The van der Waals surface area contributed by atoms with Gasteiger partial charge < -0.3 is 14.4 Å². The summed E-state index contributed by atoms with van der Waals surface area (Å²) >= 11 is 0. The minimum atomic E-state index is -1.01. The van der Waals surface area contributed by atoms with Gasteiger partial charge in [-0.15, -0.1) is 0 Å². The second kappa shape index (κ2) is 5.93. The van der Waals surface area contributed by atoms with E-state index in [1.165, 1.54) is 6.07 Å². The van der Waals surface area contributed by atoms with Gasteiger partial charge in [0.1, 0.15) is 0 Å². The Morgan fingerprint density at radius 3 is 2.91 bits per heavy atom. The average Bonchev–Trinajstić information content (AvgIpc) is 2.92. The van der Waals surface area contributed by atoms with Crippen molar-refractivity contribution >= 4 is 5.91 Å². The summed E-state index contributed by atoms with van der Waals surface area (Å²) in [6.45, 7) is 1.59. The van der Waals surface area contributed by atoms with E-state index in [1.54, 1.807) is 12.0 Å². The van der Waals surface area contributed by atoms with Gasteiger partial charge >= 0.3 is 0 Å². The number of piperidine rings is 1. The molecular weight excluding hydrogens is 292 g/mol. The fraction of sp³-hybridized carbons (Fsp3) is 0.562. The molecule has 2 aliphatic rings. The smallest absolute Gasteiger partial charge is 0.254 e.